The molecule has 0 bridgehead atoms. The lowest BCUT2D eigenvalue weighted by Gasteiger charge is -2.10. The van der Waals surface area contributed by atoms with E-state index in [0.29, 0.717) is 9.37 Å². The number of carboxylic acids is 1. The van der Waals surface area contributed by atoms with Crippen LogP contribution in [0.4, 0.5) is 0 Å². The van der Waals surface area contributed by atoms with Crippen molar-refractivity contribution >= 4 is 32.7 Å². The molecule has 2 rings (SSSR count). The van der Waals surface area contributed by atoms with Gasteiger partial charge in [0.2, 0.25) is 0 Å². The number of halogens is 1. The Labute approximate surface area is 111 Å². The normalized spacial score (nSPS) is 18.2. The zero-order valence-electron chi connectivity index (χ0n) is 9.19. The summed E-state index contributed by atoms with van der Waals surface area (Å²) in [5.74, 6) is -0.998. The third-order valence-electron chi connectivity index (χ3n) is 3.01. The molecule has 1 aliphatic rings. The summed E-state index contributed by atoms with van der Waals surface area (Å²) in [5.41, 5.74) is 0.175. The highest BCUT2D eigenvalue weighted by atomic mass is 79.9. The minimum Gasteiger partial charge on any atom is -0.478 e. The second-order valence-corrected chi connectivity index (χ2v) is 6.74. The lowest BCUT2D eigenvalue weighted by molar-refractivity contribution is 0.0695. The van der Waals surface area contributed by atoms with Crippen LogP contribution in [0.5, 0.6) is 0 Å². The van der Waals surface area contributed by atoms with Gasteiger partial charge in [0.05, 0.1) is 16.4 Å². The summed E-state index contributed by atoms with van der Waals surface area (Å²) in [7, 11) is -1.08. The Balaban J connectivity index is 2.29. The van der Waals surface area contributed by atoms with Gasteiger partial charge in [-0.2, -0.15) is 0 Å². The van der Waals surface area contributed by atoms with E-state index in [2.05, 4.69) is 15.9 Å². The summed E-state index contributed by atoms with van der Waals surface area (Å²) < 4.78 is 12.8. The average Bonchev–Trinajstić information content (AvgIpc) is 2.81. The van der Waals surface area contributed by atoms with Crippen molar-refractivity contribution in [2.45, 2.75) is 35.8 Å². The summed E-state index contributed by atoms with van der Waals surface area (Å²) in [4.78, 5) is 11.6. The highest BCUT2D eigenvalue weighted by Gasteiger charge is 2.23. The van der Waals surface area contributed by atoms with Crippen LogP contribution in [0.15, 0.2) is 27.6 Å². The molecule has 0 radical (unpaired) electrons. The summed E-state index contributed by atoms with van der Waals surface area (Å²) in [5, 5.41) is 9.20. The third kappa shape index (κ3) is 2.77. The van der Waals surface area contributed by atoms with Crippen LogP contribution >= 0.6 is 15.9 Å². The van der Waals surface area contributed by atoms with Crippen molar-refractivity contribution in [1.29, 1.82) is 0 Å². The molecule has 0 spiro atoms. The second kappa shape index (κ2) is 5.31. The van der Waals surface area contributed by atoms with Gasteiger partial charge >= 0.3 is 5.97 Å². The Bertz CT molecular complexity index is 467. The zero-order chi connectivity index (χ0) is 12.4. The van der Waals surface area contributed by atoms with Crippen LogP contribution in [-0.2, 0) is 10.8 Å². The topological polar surface area (TPSA) is 54.4 Å². The SMILES string of the molecule is O=C(O)c1cc(S(=O)C2CCCC2)ccc1Br. The van der Waals surface area contributed by atoms with Crippen LogP contribution in [0.1, 0.15) is 36.0 Å². The van der Waals surface area contributed by atoms with Crippen LogP contribution in [0, 0.1) is 0 Å². The molecular weight excluding hydrogens is 304 g/mol. The molecular formula is C12H13BrO3S. The van der Waals surface area contributed by atoms with Crippen molar-refractivity contribution < 1.29 is 14.1 Å². The fourth-order valence-corrected chi connectivity index (χ4v) is 4.09. The van der Waals surface area contributed by atoms with Crippen molar-refractivity contribution in [3.63, 3.8) is 0 Å². The summed E-state index contributed by atoms with van der Waals surface area (Å²) in [6.07, 6.45) is 4.20. The van der Waals surface area contributed by atoms with E-state index in [-0.39, 0.29) is 10.8 Å². The van der Waals surface area contributed by atoms with Crippen LogP contribution in [0.25, 0.3) is 0 Å². The van der Waals surface area contributed by atoms with Crippen LogP contribution in [0.3, 0.4) is 0 Å². The number of hydrogen-bond acceptors (Lipinski definition) is 2. The Hall–Kier alpha value is -0.680. The Morgan fingerprint density at radius 2 is 2.00 bits per heavy atom. The third-order valence-corrected chi connectivity index (χ3v) is 5.49. The molecule has 1 aromatic carbocycles. The molecule has 1 atom stereocenters. The van der Waals surface area contributed by atoms with Gasteiger partial charge in [-0.25, -0.2) is 4.79 Å². The van der Waals surface area contributed by atoms with Crippen molar-refractivity contribution in [3.8, 4) is 0 Å². The fourth-order valence-electron chi connectivity index (χ4n) is 2.09. The van der Waals surface area contributed by atoms with Crippen molar-refractivity contribution in [2.24, 2.45) is 0 Å². The molecule has 0 aromatic heterocycles. The van der Waals surface area contributed by atoms with E-state index < -0.39 is 16.8 Å². The zero-order valence-corrected chi connectivity index (χ0v) is 11.6. The number of hydrogen-bond donors (Lipinski definition) is 1. The van der Waals surface area contributed by atoms with Crippen molar-refractivity contribution in [2.75, 3.05) is 0 Å². The quantitative estimate of drug-likeness (QED) is 0.931. The molecule has 1 unspecified atom stereocenters. The van der Waals surface area contributed by atoms with Crippen LogP contribution in [-0.4, -0.2) is 20.5 Å². The Kier molecular flexibility index (Phi) is 3.99. The van der Waals surface area contributed by atoms with Gasteiger partial charge in [0.25, 0.3) is 0 Å². The summed E-state index contributed by atoms with van der Waals surface area (Å²) >= 11 is 3.18. The van der Waals surface area contributed by atoms with Gasteiger partial charge in [-0.3, -0.25) is 4.21 Å². The molecule has 3 nitrogen and oxygen atoms in total. The van der Waals surface area contributed by atoms with Gasteiger partial charge in [0.1, 0.15) is 0 Å². The first-order chi connectivity index (χ1) is 8.09. The average molecular weight is 317 g/mol. The van der Waals surface area contributed by atoms with E-state index in [1.807, 2.05) is 0 Å². The van der Waals surface area contributed by atoms with E-state index in [1.165, 1.54) is 6.07 Å². The summed E-state index contributed by atoms with van der Waals surface area (Å²) in [6.45, 7) is 0. The van der Waals surface area contributed by atoms with E-state index in [9.17, 15) is 9.00 Å². The van der Waals surface area contributed by atoms with Crippen LogP contribution < -0.4 is 0 Å². The maximum atomic E-state index is 12.2. The number of benzene rings is 1. The highest BCUT2D eigenvalue weighted by Crippen LogP contribution is 2.28. The smallest absolute Gasteiger partial charge is 0.336 e. The molecule has 0 amide bonds. The van der Waals surface area contributed by atoms with Gasteiger partial charge in [-0.15, -0.1) is 0 Å². The van der Waals surface area contributed by atoms with Crippen molar-refractivity contribution in [3.05, 3.63) is 28.2 Å². The van der Waals surface area contributed by atoms with Gasteiger partial charge < -0.3 is 5.11 Å². The largest absolute Gasteiger partial charge is 0.478 e. The standard InChI is InChI=1S/C12H13BrO3S/c13-11-6-5-9(7-10(11)12(14)15)17(16)8-3-1-2-4-8/h5-8H,1-4H2,(H,14,15). The molecule has 1 aliphatic carbocycles. The molecule has 1 aromatic rings. The van der Waals surface area contributed by atoms with E-state index >= 15 is 0 Å². The van der Waals surface area contributed by atoms with Gasteiger partial charge in [0.15, 0.2) is 0 Å². The van der Waals surface area contributed by atoms with Crippen molar-refractivity contribution in [1.82, 2.24) is 0 Å². The Morgan fingerprint density at radius 3 is 2.59 bits per heavy atom. The molecule has 1 saturated carbocycles. The highest BCUT2D eigenvalue weighted by molar-refractivity contribution is 9.10. The number of rotatable bonds is 3. The van der Waals surface area contributed by atoms with Gasteiger partial charge in [0, 0.05) is 14.6 Å². The second-order valence-electron chi connectivity index (χ2n) is 4.15. The molecule has 0 aliphatic heterocycles. The fraction of sp³-hybridized carbons (Fsp3) is 0.417. The lowest BCUT2D eigenvalue weighted by Crippen LogP contribution is -2.11. The number of carbonyl (C=O) groups is 1. The number of aromatic carboxylic acids is 1. The molecule has 5 heteroatoms. The lowest BCUT2D eigenvalue weighted by atomic mass is 10.2. The molecule has 1 N–H and O–H groups in total. The molecule has 0 saturated heterocycles. The molecule has 1 fully saturated rings. The summed E-state index contributed by atoms with van der Waals surface area (Å²) in [6, 6.07) is 4.91. The predicted octanol–water partition coefficient (Wildman–Crippen LogP) is 3.20. The first-order valence-electron chi connectivity index (χ1n) is 5.53. The van der Waals surface area contributed by atoms with E-state index in [4.69, 9.17) is 5.11 Å². The van der Waals surface area contributed by atoms with E-state index in [0.717, 1.165) is 25.7 Å². The first-order valence-corrected chi connectivity index (χ1v) is 7.53. The minimum atomic E-state index is -1.08. The van der Waals surface area contributed by atoms with E-state index in [1.54, 1.807) is 12.1 Å². The van der Waals surface area contributed by atoms with Gasteiger partial charge in [-0.1, -0.05) is 12.8 Å². The monoisotopic (exact) mass is 316 g/mol. The first kappa shape index (κ1) is 12.8. The molecule has 0 heterocycles. The maximum Gasteiger partial charge on any atom is 0.336 e. The van der Waals surface area contributed by atoms with Crippen LogP contribution in [0.2, 0.25) is 0 Å². The van der Waals surface area contributed by atoms with Gasteiger partial charge in [-0.05, 0) is 47.0 Å². The predicted molar refractivity (Wildman–Crippen MR) is 69.8 cm³/mol. The molecule has 17 heavy (non-hydrogen) atoms. The maximum absolute atomic E-state index is 12.2. The number of carboxylic acid groups (broad SMARTS) is 1. The Morgan fingerprint density at radius 1 is 1.35 bits per heavy atom. The minimum absolute atomic E-state index is 0.175. The molecule has 92 valence electrons.